The molecule has 0 unspecified atom stereocenters. The second-order valence-corrected chi connectivity index (χ2v) is 4.91. The van der Waals surface area contributed by atoms with E-state index in [9.17, 15) is 4.79 Å². The summed E-state index contributed by atoms with van der Waals surface area (Å²) in [5.41, 5.74) is 1.65. The summed E-state index contributed by atoms with van der Waals surface area (Å²) in [5.74, 6) is 1.28. The molecule has 0 saturated heterocycles. The minimum Gasteiger partial charge on any atom is -0.496 e. The Labute approximate surface area is 130 Å². The van der Waals surface area contributed by atoms with E-state index in [1.165, 1.54) is 19.8 Å². The van der Waals surface area contributed by atoms with Gasteiger partial charge in [-0.2, -0.15) is 0 Å². The van der Waals surface area contributed by atoms with Gasteiger partial charge < -0.3 is 24.8 Å². The van der Waals surface area contributed by atoms with Crippen molar-refractivity contribution in [3.63, 3.8) is 0 Å². The zero-order valence-electron chi connectivity index (χ0n) is 13.2. The summed E-state index contributed by atoms with van der Waals surface area (Å²) in [6, 6.07) is 3.28. The van der Waals surface area contributed by atoms with Crippen LogP contribution in [0, 0.1) is 0 Å². The van der Waals surface area contributed by atoms with Gasteiger partial charge in [0.15, 0.2) is 11.5 Å². The topological polar surface area (TPSA) is 68.8 Å². The van der Waals surface area contributed by atoms with Crippen molar-refractivity contribution in [2.45, 2.75) is 6.42 Å². The van der Waals surface area contributed by atoms with Gasteiger partial charge in [-0.15, -0.1) is 0 Å². The molecular formula is C16H22N2O4. The van der Waals surface area contributed by atoms with Gasteiger partial charge in [0.2, 0.25) is 0 Å². The zero-order valence-corrected chi connectivity index (χ0v) is 13.2. The lowest BCUT2D eigenvalue weighted by Gasteiger charge is -2.16. The van der Waals surface area contributed by atoms with Gasteiger partial charge in [0, 0.05) is 25.2 Å². The summed E-state index contributed by atoms with van der Waals surface area (Å²) < 4.78 is 15.7. The molecule has 1 aromatic carbocycles. The van der Waals surface area contributed by atoms with E-state index in [0.29, 0.717) is 29.4 Å². The maximum atomic E-state index is 12.4. The van der Waals surface area contributed by atoms with Gasteiger partial charge in [0.05, 0.1) is 26.9 Å². The number of ether oxygens (including phenoxy) is 3. The summed E-state index contributed by atoms with van der Waals surface area (Å²) in [4.78, 5) is 12.4. The fourth-order valence-corrected chi connectivity index (χ4v) is 2.33. The van der Waals surface area contributed by atoms with E-state index in [1.807, 2.05) is 0 Å². The van der Waals surface area contributed by atoms with Gasteiger partial charge in [-0.05, 0) is 13.0 Å². The number of carbonyl (C=O) groups excluding carboxylic acids is 1. The van der Waals surface area contributed by atoms with Crippen LogP contribution in [0.3, 0.4) is 0 Å². The Bertz CT molecular complexity index is 570. The van der Waals surface area contributed by atoms with Gasteiger partial charge in [-0.3, -0.25) is 4.79 Å². The Morgan fingerprint density at radius 2 is 1.82 bits per heavy atom. The van der Waals surface area contributed by atoms with Crippen LogP contribution in [0.1, 0.15) is 16.8 Å². The summed E-state index contributed by atoms with van der Waals surface area (Å²) in [6.07, 6.45) is 3.05. The third kappa shape index (κ3) is 3.71. The van der Waals surface area contributed by atoms with Crippen LogP contribution in [0.15, 0.2) is 23.8 Å². The average Bonchev–Trinajstić information content (AvgIpc) is 2.59. The molecule has 2 N–H and O–H groups in total. The van der Waals surface area contributed by atoms with Gasteiger partial charge >= 0.3 is 0 Å². The highest BCUT2D eigenvalue weighted by molar-refractivity contribution is 5.98. The molecule has 0 radical (unpaired) electrons. The highest BCUT2D eigenvalue weighted by Crippen LogP contribution is 2.34. The minimum atomic E-state index is -0.197. The Kier molecular flexibility index (Phi) is 5.66. The van der Waals surface area contributed by atoms with Crippen LogP contribution >= 0.6 is 0 Å². The van der Waals surface area contributed by atoms with E-state index in [-0.39, 0.29) is 5.91 Å². The molecule has 1 heterocycles. The van der Waals surface area contributed by atoms with Crippen LogP contribution in [0.25, 0.3) is 0 Å². The molecule has 0 aliphatic carbocycles. The number of hydrogen-bond acceptors (Lipinski definition) is 5. The number of benzene rings is 1. The molecule has 0 aromatic heterocycles. The van der Waals surface area contributed by atoms with Crippen molar-refractivity contribution < 1.29 is 19.0 Å². The van der Waals surface area contributed by atoms with E-state index >= 15 is 0 Å². The lowest BCUT2D eigenvalue weighted by Crippen LogP contribution is -2.29. The molecule has 1 aliphatic rings. The second-order valence-electron chi connectivity index (χ2n) is 4.91. The van der Waals surface area contributed by atoms with E-state index in [1.54, 1.807) is 19.2 Å². The number of amides is 1. The molecule has 1 amide bonds. The largest absolute Gasteiger partial charge is 0.496 e. The summed E-state index contributed by atoms with van der Waals surface area (Å²) in [7, 11) is 4.60. The smallest absolute Gasteiger partial charge is 0.255 e. The molecule has 0 saturated carbocycles. The summed E-state index contributed by atoms with van der Waals surface area (Å²) in [6.45, 7) is 2.34. The predicted octanol–water partition coefficient (Wildman–Crippen LogP) is 1.36. The average molecular weight is 306 g/mol. The van der Waals surface area contributed by atoms with Gasteiger partial charge in [-0.25, -0.2) is 0 Å². The van der Waals surface area contributed by atoms with Crippen molar-refractivity contribution in [1.82, 2.24) is 10.6 Å². The van der Waals surface area contributed by atoms with E-state index < -0.39 is 0 Å². The quantitative estimate of drug-likeness (QED) is 0.777. The molecule has 1 aromatic rings. The molecular weight excluding hydrogens is 284 g/mol. The van der Waals surface area contributed by atoms with Crippen LogP contribution in [0.5, 0.6) is 17.2 Å². The molecule has 0 atom stereocenters. The van der Waals surface area contributed by atoms with Gasteiger partial charge in [-0.1, -0.05) is 11.6 Å². The Hall–Kier alpha value is -2.21. The van der Waals surface area contributed by atoms with E-state index in [2.05, 4.69) is 16.7 Å². The molecule has 6 heteroatoms. The lowest BCUT2D eigenvalue weighted by molar-refractivity contribution is 0.0953. The number of nitrogens with one attached hydrogen (secondary N) is 2. The lowest BCUT2D eigenvalue weighted by atomic mass is 10.1. The van der Waals surface area contributed by atoms with Gasteiger partial charge in [0.25, 0.3) is 5.91 Å². The first-order chi connectivity index (χ1) is 10.7. The van der Waals surface area contributed by atoms with Crippen LogP contribution in [0.4, 0.5) is 0 Å². The van der Waals surface area contributed by atoms with Crippen molar-refractivity contribution in [2.75, 3.05) is 41.0 Å². The van der Waals surface area contributed by atoms with Crippen molar-refractivity contribution in [3.05, 3.63) is 29.3 Å². The molecule has 2 rings (SSSR count). The predicted molar refractivity (Wildman–Crippen MR) is 84.0 cm³/mol. The van der Waals surface area contributed by atoms with Gasteiger partial charge in [0.1, 0.15) is 5.75 Å². The molecule has 0 spiro atoms. The molecule has 6 nitrogen and oxygen atoms in total. The highest BCUT2D eigenvalue weighted by Gasteiger charge is 2.18. The second kappa shape index (κ2) is 7.70. The van der Waals surface area contributed by atoms with Crippen molar-refractivity contribution in [1.29, 1.82) is 0 Å². The molecule has 120 valence electrons. The zero-order chi connectivity index (χ0) is 15.9. The van der Waals surface area contributed by atoms with Crippen molar-refractivity contribution in [3.8, 4) is 17.2 Å². The maximum absolute atomic E-state index is 12.4. The molecule has 1 aliphatic heterocycles. The number of methoxy groups -OCH3 is 3. The van der Waals surface area contributed by atoms with E-state index in [0.717, 1.165) is 19.5 Å². The third-order valence-electron chi connectivity index (χ3n) is 3.58. The highest BCUT2D eigenvalue weighted by atomic mass is 16.5. The number of rotatable bonds is 6. The van der Waals surface area contributed by atoms with Crippen LogP contribution in [-0.2, 0) is 0 Å². The minimum absolute atomic E-state index is 0.197. The Balaban J connectivity index is 2.15. The van der Waals surface area contributed by atoms with Crippen LogP contribution in [-0.4, -0.2) is 46.9 Å². The van der Waals surface area contributed by atoms with Crippen molar-refractivity contribution in [2.24, 2.45) is 0 Å². The molecule has 22 heavy (non-hydrogen) atoms. The Morgan fingerprint density at radius 1 is 1.14 bits per heavy atom. The maximum Gasteiger partial charge on any atom is 0.255 e. The molecule has 0 fully saturated rings. The normalized spacial score (nSPS) is 14.0. The monoisotopic (exact) mass is 306 g/mol. The first kappa shape index (κ1) is 16.2. The molecule has 0 bridgehead atoms. The van der Waals surface area contributed by atoms with Crippen molar-refractivity contribution >= 4 is 5.91 Å². The van der Waals surface area contributed by atoms with E-state index in [4.69, 9.17) is 14.2 Å². The fourth-order valence-electron chi connectivity index (χ4n) is 2.33. The number of hydrogen-bond donors (Lipinski definition) is 2. The summed E-state index contributed by atoms with van der Waals surface area (Å²) >= 11 is 0. The summed E-state index contributed by atoms with van der Waals surface area (Å²) in [5, 5.41) is 6.16. The van der Waals surface area contributed by atoms with Crippen LogP contribution < -0.4 is 24.8 Å². The number of carbonyl (C=O) groups is 1. The standard InChI is InChI=1S/C16H22N2O4/c1-20-13-9-15(22-3)14(21-2)8-12(13)16(19)18-10-11-4-6-17-7-5-11/h4,8-9,17H,5-7,10H2,1-3H3,(H,18,19). The Morgan fingerprint density at radius 3 is 2.41 bits per heavy atom. The fraction of sp³-hybridized carbons (Fsp3) is 0.438. The first-order valence-electron chi connectivity index (χ1n) is 7.16. The third-order valence-corrected chi connectivity index (χ3v) is 3.58. The SMILES string of the molecule is COc1cc(OC)c(C(=O)NCC2=CCNCC2)cc1OC. The first-order valence-corrected chi connectivity index (χ1v) is 7.16. The van der Waals surface area contributed by atoms with Crippen LogP contribution in [0.2, 0.25) is 0 Å².